The van der Waals surface area contributed by atoms with E-state index in [1.807, 2.05) is 0 Å². The summed E-state index contributed by atoms with van der Waals surface area (Å²) in [6.45, 7) is 0.893. The highest BCUT2D eigenvalue weighted by atomic mass is 16.7. The molecule has 2 saturated heterocycles. The number of hydrogen-bond acceptors (Lipinski definition) is 15. The zero-order chi connectivity index (χ0) is 31.3. The van der Waals surface area contributed by atoms with Crippen molar-refractivity contribution in [3.05, 3.63) is 58.8 Å². The van der Waals surface area contributed by atoms with Crippen molar-refractivity contribution in [2.75, 3.05) is 6.61 Å². The summed E-state index contributed by atoms with van der Waals surface area (Å²) in [6.07, 6.45) is -12.8. The third-order valence-corrected chi connectivity index (χ3v) is 7.50. The van der Waals surface area contributed by atoms with E-state index in [4.69, 9.17) is 18.9 Å². The molecule has 0 radical (unpaired) electrons. The number of benzene rings is 1. The molecular formula is C27H33O16+. The number of phenolic OH excluding ortho intramolecular Hbond substituents is 3. The molecule has 3 aliphatic heterocycles. The molecule has 2 fully saturated rings. The number of aliphatic hydroxyl groups is 10. The van der Waals surface area contributed by atoms with Crippen LogP contribution in [0.1, 0.15) is 12.5 Å². The summed E-state index contributed by atoms with van der Waals surface area (Å²) in [5, 5.41) is 112. The molecule has 0 saturated carbocycles. The Hall–Kier alpha value is -3.58. The molecular weight excluding hydrogens is 580 g/mol. The predicted molar refractivity (Wildman–Crippen MR) is 140 cm³/mol. The molecule has 4 aliphatic rings. The van der Waals surface area contributed by atoms with Gasteiger partial charge in [-0.1, -0.05) is 0 Å². The fourth-order valence-corrected chi connectivity index (χ4v) is 5.02. The maximum absolute atomic E-state index is 10.7. The van der Waals surface area contributed by atoms with E-state index in [1.165, 1.54) is 19.1 Å². The van der Waals surface area contributed by atoms with E-state index >= 15 is 0 Å². The van der Waals surface area contributed by atoms with Crippen molar-refractivity contribution in [2.45, 2.75) is 74.4 Å². The molecule has 11 atom stereocenters. The van der Waals surface area contributed by atoms with Crippen LogP contribution < -0.4 is 0 Å². The van der Waals surface area contributed by atoms with Gasteiger partial charge in [0, 0.05) is 24.3 Å². The molecule has 1 aromatic rings. The van der Waals surface area contributed by atoms with Crippen molar-refractivity contribution in [2.24, 2.45) is 0 Å². The smallest absolute Gasteiger partial charge is 0.305 e. The quantitative estimate of drug-likeness (QED) is 0.121. The second-order valence-corrected chi connectivity index (χ2v) is 10.5. The number of hydrogen-bond donors (Lipinski definition) is 11. The van der Waals surface area contributed by atoms with E-state index in [0.29, 0.717) is 0 Å². The first-order valence-electron chi connectivity index (χ1n) is 13.2. The Morgan fingerprint density at radius 3 is 2.07 bits per heavy atom. The highest BCUT2D eigenvalue weighted by Crippen LogP contribution is 2.41. The molecule has 12 N–H and O–H groups in total. The van der Waals surface area contributed by atoms with Gasteiger partial charge in [0.2, 0.25) is 18.2 Å². The Labute approximate surface area is 243 Å². The third-order valence-electron chi connectivity index (χ3n) is 7.50. The summed E-state index contributed by atoms with van der Waals surface area (Å²) < 4.78 is 26.8. The summed E-state index contributed by atoms with van der Waals surface area (Å²) >= 11 is 0. The Balaban J connectivity index is 1.42. The maximum atomic E-state index is 10.7. The molecule has 0 spiro atoms. The van der Waals surface area contributed by atoms with Crippen LogP contribution in [-0.4, -0.2) is 135 Å². The van der Waals surface area contributed by atoms with Crippen molar-refractivity contribution in [1.29, 1.82) is 0 Å². The minimum atomic E-state index is -1.86. The number of aromatic hydroxyl groups is 3. The molecule has 11 unspecified atom stereocenters. The van der Waals surface area contributed by atoms with Crippen molar-refractivity contribution in [3.63, 3.8) is 0 Å². The van der Waals surface area contributed by atoms with Crippen LogP contribution in [0.3, 0.4) is 0 Å². The van der Waals surface area contributed by atoms with E-state index in [9.17, 15) is 56.2 Å². The van der Waals surface area contributed by atoms with Gasteiger partial charge in [-0.25, -0.2) is 0 Å². The van der Waals surface area contributed by atoms with Gasteiger partial charge in [-0.15, -0.1) is 0 Å². The predicted octanol–water partition coefficient (Wildman–Crippen LogP) is -2.13. The summed E-state index contributed by atoms with van der Waals surface area (Å²) in [5.41, 5.74) is 0.150. The molecule has 1 aliphatic carbocycles. The van der Waals surface area contributed by atoms with Crippen LogP contribution in [0.4, 0.5) is 0 Å². The molecule has 236 valence electrons. The molecule has 0 aromatic heterocycles. The Morgan fingerprint density at radius 1 is 0.767 bits per heavy atom. The van der Waals surface area contributed by atoms with Crippen LogP contribution in [-0.2, 0) is 18.9 Å². The first-order valence-corrected chi connectivity index (χ1v) is 13.2. The fraction of sp³-hybridized carbons (Fsp3) is 0.481. The van der Waals surface area contributed by atoms with Gasteiger partial charge in [-0.2, -0.15) is 0 Å². The first kappa shape index (κ1) is 30.9. The van der Waals surface area contributed by atoms with Crippen LogP contribution in [0.2, 0.25) is 0 Å². The second kappa shape index (κ2) is 11.8. The summed E-state index contributed by atoms with van der Waals surface area (Å²) in [7, 11) is 0. The molecule has 1 aromatic carbocycles. The summed E-state index contributed by atoms with van der Waals surface area (Å²) in [4.78, 5) is 0. The standard InChI is InChI=1S/C27H32O16/c1-8-18(32)21(35)23(37)26(40-8)39-7-17-20(34)22(36)24(38)27(43-17)42-16-6-11-12(29)4-10(28)5-15(11)41-25(16)9-2-13(30)19(33)14(31)3-9/h2-6,8,15,17-18,20-24,26-38H,7H2,1H3/p+1. The lowest BCUT2D eigenvalue weighted by atomic mass is 9.96. The number of rotatable bonds is 6. The number of ether oxygens (including phenoxy) is 5. The number of fused-ring (bicyclic) bond motifs is 1. The number of phenols is 3. The summed E-state index contributed by atoms with van der Waals surface area (Å²) in [5.74, 6) is -3.19. The normalized spacial score (nSPS) is 37.9. The Kier molecular flexibility index (Phi) is 8.50. The van der Waals surface area contributed by atoms with Gasteiger partial charge >= 0.3 is 5.76 Å². The number of allylic oxidation sites excluding steroid dienone is 2. The van der Waals surface area contributed by atoms with Crippen LogP contribution in [0.5, 0.6) is 17.2 Å². The average Bonchev–Trinajstić information content (AvgIpc) is 2.96. The van der Waals surface area contributed by atoms with Gasteiger partial charge in [-0.3, -0.25) is 0 Å². The van der Waals surface area contributed by atoms with Crippen molar-refractivity contribution >= 4 is 5.76 Å². The molecule has 0 bridgehead atoms. The second-order valence-electron chi connectivity index (χ2n) is 10.5. The largest absolute Gasteiger partial charge is 0.571 e. The average molecular weight is 614 g/mol. The third kappa shape index (κ3) is 5.84. The fourth-order valence-electron chi connectivity index (χ4n) is 5.02. The first-order chi connectivity index (χ1) is 20.3. The molecule has 16 heteroatoms. The van der Waals surface area contributed by atoms with Crippen molar-refractivity contribution < 1.29 is 79.9 Å². The van der Waals surface area contributed by atoms with E-state index in [0.717, 1.165) is 18.2 Å². The van der Waals surface area contributed by atoms with Gasteiger partial charge in [0.1, 0.15) is 54.2 Å². The Morgan fingerprint density at radius 2 is 1.40 bits per heavy atom. The Bertz CT molecular complexity index is 1330. The van der Waals surface area contributed by atoms with Gasteiger partial charge in [0.15, 0.2) is 23.5 Å². The van der Waals surface area contributed by atoms with Crippen molar-refractivity contribution in [1.82, 2.24) is 0 Å². The van der Waals surface area contributed by atoms with Gasteiger partial charge in [-0.05, 0) is 6.92 Å². The van der Waals surface area contributed by atoms with Crippen LogP contribution in [0.25, 0.3) is 5.76 Å². The topological polar surface area (TPSA) is 272 Å². The van der Waals surface area contributed by atoms with E-state index < -0.39 is 91.4 Å². The SMILES string of the molecule is CC1OC(OCC2OC(OC3=C(c4cc(O)c(O)c(O)c4)[OH+]C4C=C(O)C=C(O)C4=C3)C(O)C(O)C2O)C(O)C(O)C1O. The zero-order valence-corrected chi connectivity index (χ0v) is 22.4. The van der Waals surface area contributed by atoms with Crippen LogP contribution in [0.15, 0.2) is 53.2 Å². The molecule has 5 rings (SSSR count). The summed E-state index contributed by atoms with van der Waals surface area (Å²) in [6, 6.07) is 2.10. The maximum Gasteiger partial charge on any atom is 0.305 e. The monoisotopic (exact) mass is 613 g/mol. The number of aliphatic hydroxyl groups excluding tert-OH is 8. The van der Waals surface area contributed by atoms with Crippen LogP contribution >= 0.6 is 0 Å². The lowest BCUT2D eigenvalue weighted by Crippen LogP contribution is -2.61. The molecule has 3 heterocycles. The van der Waals surface area contributed by atoms with E-state index in [1.54, 1.807) is 0 Å². The molecule has 43 heavy (non-hydrogen) atoms. The zero-order valence-electron chi connectivity index (χ0n) is 22.4. The minimum absolute atomic E-state index is 0.00379. The van der Waals surface area contributed by atoms with E-state index in [2.05, 4.69) is 4.74 Å². The van der Waals surface area contributed by atoms with Gasteiger partial charge in [0.05, 0.1) is 29.9 Å². The lowest BCUT2D eigenvalue weighted by Gasteiger charge is -2.42. The van der Waals surface area contributed by atoms with Gasteiger partial charge < -0.3 is 79.9 Å². The molecule has 16 nitrogen and oxygen atoms in total. The highest BCUT2D eigenvalue weighted by Gasteiger charge is 2.48. The van der Waals surface area contributed by atoms with Gasteiger partial charge in [0.25, 0.3) is 0 Å². The van der Waals surface area contributed by atoms with Crippen LogP contribution in [0, 0.1) is 0 Å². The highest BCUT2D eigenvalue weighted by molar-refractivity contribution is 5.71. The van der Waals surface area contributed by atoms with Crippen molar-refractivity contribution in [3.8, 4) is 17.2 Å². The minimum Gasteiger partial charge on any atom is -0.571 e. The lowest BCUT2D eigenvalue weighted by molar-refractivity contribution is -0.323. The van der Waals surface area contributed by atoms with E-state index in [-0.39, 0.29) is 34.2 Å². The molecule has 0 amide bonds.